The van der Waals surface area contributed by atoms with Crippen LogP contribution >= 0.6 is 15.9 Å². The third-order valence-electron chi connectivity index (χ3n) is 3.83. The first kappa shape index (κ1) is 14.5. The molecule has 7 heteroatoms. The molecule has 0 bridgehead atoms. The number of halogens is 1. The summed E-state index contributed by atoms with van der Waals surface area (Å²) in [6.07, 6.45) is 1.97. The second-order valence-corrected chi connectivity index (χ2v) is 6.26. The van der Waals surface area contributed by atoms with Crippen molar-refractivity contribution in [2.75, 3.05) is 6.79 Å². The van der Waals surface area contributed by atoms with Gasteiger partial charge >= 0.3 is 0 Å². The Morgan fingerprint density at radius 3 is 3.13 bits per heavy atom. The lowest BCUT2D eigenvalue weighted by molar-refractivity contribution is 0.173. The van der Waals surface area contributed by atoms with Crippen LogP contribution in [-0.2, 0) is 6.54 Å². The van der Waals surface area contributed by atoms with E-state index in [4.69, 9.17) is 9.47 Å². The van der Waals surface area contributed by atoms with Gasteiger partial charge in [0, 0.05) is 12.7 Å². The van der Waals surface area contributed by atoms with Crippen molar-refractivity contribution in [2.45, 2.75) is 19.5 Å². The summed E-state index contributed by atoms with van der Waals surface area (Å²) in [5.74, 6) is 2.43. The Kier molecular flexibility index (Phi) is 3.66. The molecule has 1 N–H and O–H groups in total. The molecule has 0 fully saturated rings. The van der Waals surface area contributed by atoms with Crippen molar-refractivity contribution in [3.05, 3.63) is 52.4 Å². The molecule has 3 heterocycles. The molecule has 2 aromatic heterocycles. The lowest BCUT2D eigenvalue weighted by atomic mass is 10.2. The summed E-state index contributed by atoms with van der Waals surface area (Å²) in [6, 6.07) is 9.97. The number of aromatic nitrogens is 3. The Balaban J connectivity index is 1.52. The maximum Gasteiger partial charge on any atom is 0.231 e. The summed E-state index contributed by atoms with van der Waals surface area (Å²) >= 11 is 3.52. The van der Waals surface area contributed by atoms with Crippen molar-refractivity contribution in [1.29, 1.82) is 0 Å². The highest BCUT2D eigenvalue weighted by Crippen LogP contribution is 2.40. The monoisotopic (exact) mass is 374 g/mol. The van der Waals surface area contributed by atoms with Crippen molar-refractivity contribution in [1.82, 2.24) is 19.9 Å². The molecule has 0 spiro atoms. The molecule has 0 amide bonds. The van der Waals surface area contributed by atoms with E-state index in [1.54, 1.807) is 0 Å². The van der Waals surface area contributed by atoms with Gasteiger partial charge in [-0.05, 0) is 52.7 Å². The Hall–Kier alpha value is -2.12. The Morgan fingerprint density at radius 2 is 2.22 bits per heavy atom. The fourth-order valence-electron chi connectivity index (χ4n) is 2.64. The van der Waals surface area contributed by atoms with E-state index in [0.29, 0.717) is 6.54 Å². The molecule has 23 heavy (non-hydrogen) atoms. The average Bonchev–Trinajstić information content (AvgIpc) is 3.19. The smallest absolute Gasteiger partial charge is 0.231 e. The summed E-state index contributed by atoms with van der Waals surface area (Å²) in [4.78, 5) is 0. The lowest BCUT2D eigenvalue weighted by Gasteiger charge is -2.13. The number of benzene rings is 1. The highest BCUT2D eigenvalue weighted by molar-refractivity contribution is 9.10. The molecule has 1 unspecified atom stereocenters. The second kappa shape index (κ2) is 5.82. The highest BCUT2D eigenvalue weighted by Gasteiger charge is 2.18. The average molecular weight is 375 g/mol. The highest BCUT2D eigenvalue weighted by atomic mass is 79.9. The topological polar surface area (TPSA) is 60.7 Å². The van der Waals surface area contributed by atoms with E-state index in [9.17, 15) is 0 Å². The third kappa shape index (κ3) is 2.66. The van der Waals surface area contributed by atoms with E-state index >= 15 is 0 Å². The molecule has 4 rings (SSSR count). The summed E-state index contributed by atoms with van der Waals surface area (Å²) in [6.45, 7) is 3.04. The zero-order chi connectivity index (χ0) is 15.8. The van der Waals surface area contributed by atoms with Gasteiger partial charge in [0.2, 0.25) is 6.79 Å². The van der Waals surface area contributed by atoms with Crippen molar-refractivity contribution in [3.8, 4) is 11.5 Å². The quantitative estimate of drug-likeness (QED) is 0.760. The molecule has 1 aliphatic heterocycles. The molecule has 1 atom stereocenters. The Bertz CT molecular complexity index is 864. The van der Waals surface area contributed by atoms with Gasteiger partial charge < -0.3 is 14.8 Å². The minimum atomic E-state index is 0.0663. The zero-order valence-corrected chi connectivity index (χ0v) is 14.1. The molecule has 0 saturated heterocycles. The van der Waals surface area contributed by atoms with Gasteiger partial charge in [0.15, 0.2) is 23.0 Å². The summed E-state index contributed by atoms with van der Waals surface area (Å²) in [7, 11) is 0. The molecule has 0 radical (unpaired) electrons. The maximum atomic E-state index is 5.45. The van der Waals surface area contributed by atoms with E-state index in [1.807, 2.05) is 40.9 Å². The molecule has 0 saturated carbocycles. The van der Waals surface area contributed by atoms with E-state index in [1.165, 1.54) is 0 Å². The van der Waals surface area contributed by atoms with E-state index < -0.39 is 0 Å². The van der Waals surface area contributed by atoms with Gasteiger partial charge in [0.1, 0.15) is 0 Å². The number of hydrogen-bond acceptors (Lipinski definition) is 5. The number of fused-ring (bicyclic) bond motifs is 2. The lowest BCUT2D eigenvalue weighted by Crippen LogP contribution is -2.20. The zero-order valence-electron chi connectivity index (χ0n) is 12.5. The fourth-order valence-corrected chi connectivity index (χ4v) is 3.24. The van der Waals surface area contributed by atoms with Gasteiger partial charge in [-0.1, -0.05) is 6.07 Å². The molecule has 1 aromatic carbocycles. The van der Waals surface area contributed by atoms with Gasteiger partial charge in [0.25, 0.3) is 0 Å². The van der Waals surface area contributed by atoms with E-state index in [0.717, 1.165) is 33.0 Å². The SMILES string of the molecule is CC(NCc1cc(Br)c2c(c1)OCO2)c1nnc2ccccn12. The van der Waals surface area contributed by atoms with Crippen LogP contribution in [0.15, 0.2) is 41.0 Å². The van der Waals surface area contributed by atoms with Crippen LogP contribution in [0.5, 0.6) is 11.5 Å². The van der Waals surface area contributed by atoms with Gasteiger partial charge in [0.05, 0.1) is 10.5 Å². The minimum Gasteiger partial charge on any atom is -0.454 e. The van der Waals surface area contributed by atoms with E-state index in [2.05, 4.69) is 38.4 Å². The van der Waals surface area contributed by atoms with Crippen molar-refractivity contribution >= 4 is 21.6 Å². The Labute approximate surface area is 141 Å². The van der Waals surface area contributed by atoms with Gasteiger partial charge in [-0.2, -0.15) is 0 Å². The van der Waals surface area contributed by atoms with Crippen LogP contribution in [0.1, 0.15) is 24.4 Å². The van der Waals surface area contributed by atoms with Gasteiger partial charge in [-0.3, -0.25) is 4.40 Å². The molecule has 118 valence electrons. The van der Waals surface area contributed by atoms with Crippen LogP contribution in [0, 0.1) is 0 Å². The largest absolute Gasteiger partial charge is 0.454 e. The second-order valence-electron chi connectivity index (χ2n) is 5.40. The van der Waals surface area contributed by atoms with Crippen LogP contribution in [-0.4, -0.2) is 21.4 Å². The van der Waals surface area contributed by atoms with Crippen LogP contribution in [0.25, 0.3) is 5.65 Å². The number of nitrogens with one attached hydrogen (secondary N) is 1. The van der Waals surface area contributed by atoms with Crippen LogP contribution in [0.3, 0.4) is 0 Å². The molecule has 6 nitrogen and oxygen atoms in total. The van der Waals surface area contributed by atoms with Crippen LogP contribution in [0.2, 0.25) is 0 Å². The number of pyridine rings is 1. The number of nitrogens with zero attached hydrogens (tertiary/aromatic N) is 3. The molecule has 0 aliphatic carbocycles. The molecule has 1 aliphatic rings. The standard InChI is InChI=1S/C16H15BrN4O2/c1-10(16-20-19-14-4-2-3-5-21(14)16)18-8-11-6-12(17)15-13(7-11)22-9-23-15/h2-7,10,18H,8-9H2,1H3. The van der Waals surface area contributed by atoms with Gasteiger partial charge in [-0.15, -0.1) is 10.2 Å². The maximum absolute atomic E-state index is 5.45. The van der Waals surface area contributed by atoms with Crippen LogP contribution < -0.4 is 14.8 Å². The number of ether oxygens (including phenoxy) is 2. The first-order valence-electron chi connectivity index (χ1n) is 7.33. The summed E-state index contributed by atoms with van der Waals surface area (Å²) in [5, 5.41) is 11.9. The predicted molar refractivity (Wildman–Crippen MR) is 88.5 cm³/mol. The van der Waals surface area contributed by atoms with Crippen molar-refractivity contribution < 1.29 is 9.47 Å². The normalized spacial score (nSPS) is 14.3. The minimum absolute atomic E-state index is 0.0663. The molecular weight excluding hydrogens is 360 g/mol. The number of rotatable bonds is 4. The van der Waals surface area contributed by atoms with E-state index in [-0.39, 0.29) is 12.8 Å². The summed E-state index contributed by atoms with van der Waals surface area (Å²) < 4.78 is 13.8. The van der Waals surface area contributed by atoms with Crippen LogP contribution in [0.4, 0.5) is 0 Å². The summed E-state index contributed by atoms with van der Waals surface area (Å²) in [5.41, 5.74) is 1.96. The first-order valence-corrected chi connectivity index (χ1v) is 8.13. The van der Waals surface area contributed by atoms with Crippen molar-refractivity contribution in [2.24, 2.45) is 0 Å². The third-order valence-corrected chi connectivity index (χ3v) is 4.42. The first-order chi connectivity index (χ1) is 11.2. The van der Waals surface area contributed by atoms with Gasteiger partial charge in [-0.25, -0.2) is 0 Å². The number of hydrogen-bond donors (Lipinski definition) is 1. The van der Waals surface area contributed by atoms with Crippen molar-refractivity contribution in [3.63, 3.8) is 0 Å². The molecular formula is C16H15BrN4O2. The Morgan fingerprint density at radius 1 is 1.30 bits per heavy atom. The molecule has 3 aromatic rings. The predicted octanol–water partition coefficient (Wildman–Crippen LogP) is 3.07. The fraction of sp³-hybridized carbons (Fsp3) is 0.250.